The third-order valence-electron chi connectivity index (χ3n) is 10.4. The summed E-state index contributed by atoms with van der Waals surface area (Å²) in [6, 6.07) is 44.2. The van der Waals surface area contributed by atoms with Crippen LogP contribution >= 0.6 is 0 Å². The lowest BCUT2D eigenvalue weighted by Gasteiger charge is -2.21. The van der Waals surface area contributed by atoms with Gasteiger partial charge in [-0.1, -0.05) is 97.1 Å². The molecule has 8 N–H and O–H groups in total. The van der Waals surface area contributed by atoms with Gasteiger partial charge in [0.25, 0.3) is 0 Å². The van der Waals surface area contributed by atoms with Gasteiger partial charge in [0, 0.05) is 83.2 Å². The van der Waals surface area contributed by atoms with Crippen molar-refractivity contribution >= 4 is 70.3 Å². The van der Waals surface area contributed by atoms with Crippen molar-refractivity contribution in [1.82, 2.24) is 0 Å². The molecule has 0 aliphatic heterocycles. The number of hydrogen-bond acceptors (Lipinski definition) is 8. The van der Waals surface area contributed by atoms with E-state index in [0.717, 1.165) is 93.1 Å². The molecule has 0 radical (unpaired) electrons. The number of carboxylic acid groups (broad SMARTS) is 4. The second-order valence-corrected chi connectivity index (χ2v) is 15.2. The van der Waals surface area contributed by atoms with Crippen LogP contribution in [0.15, 0.2) is 194 Å². The highest BCUT2D eigenvalue weighted by molar-refractivity contribution is 6.04. The minimum Gasteiger partial charge on any atom is -0.478 e. The van der Waals surface area contributed by atoms with Crippen LogP contribution in [0.4, 0.5) is 22.7 Å². The van der Waals surface area contributed by atoms with Gasteiger partial charge in [-0.3, -0.25) is 19.2 Å². The maximum Gasteiger partial charge on any atom is 0.328 e. The molecular formula is C54H42N4O12. The zero-order valence-corrected chi connectivity index (χ0v) is 36.7. The summed E-state index contributed by atoms with van der Waals surface area (Å²) in [5, 5.41) is 46.1. The molecule has 0 atom stereocenters. The summed E-state index contributed by atoms with van der Waals surface area (Å²) in [6.45, 7) is 0. The number of carboxylic acids is 4. The van der Waals surface area contributed by atoms with Crippen LogP contribution in [0.2, 0.25) is 0 Å². The average molecular weight is 939 g/mol. The maximum absolute atomic E-state index is 12.3. The van der Waals surface area contributed by atoms with Crippen LogP contribution in [0.1, 0.15) is 45.2 Å². The number of nitrogens with one attached hydrogen (secondary N) is 4. The molecule has 16 heteroatoms. The van der Waals surface area contributed by atoms with E-state index in [1.165, 1.54) is 0 Å². The van der Waals surface area contributed by atoms with Crippen LogP contribution < -0.4 is 21.3 Å². The number of rotatable bonds is 19. The van der Waals surface area contributed by atoms with Gasteiger partial charge in [0.05, 0.1) is 0 Å². The van der Waals surface area contributed by atoms with E-state index in [0.29, 0.717) is 22.7 Å². The lowest BCUT2D eigenvalue weighted by Crippen LogP contribution is -2.10. The molecule has 6 aromatic rings. The van der Waals surface area contributed by atoms with E-state index in [4.69, 9.17) is 20.4 Å². The molecule has 0 spiro atoms. The van der Waals surface area contributed by atoms with Gasteiger partial charge in [0.15, 0.2) is 0 Å². The van der Waals surface area contributed by atoms with Crippen LogP contribution in [0.25, 0.3) is 11.1 Å². The molecule has 70 heavy (non-hydrogen) atoms. The summed E-state index contributed by atoms with van der Waals surface area (Å²) in [7, 11) is 0. The Kier molecular flexibility index (Phi) is 16.6. The summed E-state index contributed by atoms with van der Waals surface area (Å²) in [5.74, 6) is -8.15. The van der Waals surface area contributed by atoms with Gasteiger partial charge in [-0.15, -0.1) is 0 Å². The Hall–Kier alpha value is -9.96. The highest BCUT2D eigenvalue weighted by Gasteiger charge is 2.20. The Bertz CT molecular complexity index is 2660. The molecule has 4 amide bonds. The molecule has 0 bridgehead atoms. The molecule has 6 aromatic carbocycles. The van der Waals surface area contributed by atoms with Crippen LogP contribution in [0.5, 0.6) is 0 Å². The Morgan fingerprint density at radius 1 is 0.271 bits per heavy atom. The Balaban J connectivity index is 1.29. The van der Waals surface area contributed by atoms with Crippen molar-refractivity contribution in [2.24, 2.45) is 0 Å². The normalized spacial score (nSPS) is 11.3. The smallest absolute Gasteiger partial charge is 0.328 e. The lowest BCUT2D eigenvalue weighted by molar-refractivity contribution is -0.132. The third kappa shape index (κ3) is 14.5. The van der Waals surface area contributed by atoms with Crippen LogP contribution in [-0.2, 0) is 38.4 Å². The monoisotopic (exact) mass is 938 g/mol. The molecule has 0 saturated heterocycles. The highest BCUT2D eigenvalue weighted by Crippen LogP contribution is 2.37. The number of carbonyl (C=O) groups excluding carboxylic acids is 4. The van der Waals surface area contributed by atoms with E-state index in [1.807, 2.05) is 97.1 Å². The van der Waals surface area contributed by atoms with Gasteiger partial charge in [-0.05, 0) is 93.0 Å². The number of aliphatic carboxylic acids is 4. The fourth-order valence-corrected chi connectivity index (χ4v) is 7.25. The topological polar surface area (TPSA) is 266 Å². The fraction of sp³-hybridized carbons (Fsp3) is 0.0370. The maximum atomic E-state index is 12.3. The molecule has 6 rings (SSSR count). The van der Waals surface area contributed by atoms with E-state index in [-0.39, 0.29) is 11.8 Å². The Morgan fingerprint density at radius 2 is 0.443 bits per heavy atom. The van der Waals surface area contributed by atoms with Crippen molar-refractivity contribution in [1.29, 1.82) is 0 Å². The second kappa shape index (κ2) is 23.5. The van der Waals surface area contributed by atoms with E-state index in [2.05, 4.69) is 21.3 Å². The Labute approximate surface area is 399 Å². The van der Waals surface area contributed by atoms with Crippen LogP contribution in [0, 0.1) is 0 Å². The zero-order valence-electron chi connectivity index (χ0n) is 36.7. The summed E-state index contributed by atoms with van der Waals surface area (Å²) < 4.78 is 0. The van der Waals surface area contributed by atoms with Crippen molar-refractivity contribution in [3.05, 3.63) is 228 Å². The minimum atomic E-state index is -1.26. The number of benzene rings is 6. The van der Waals surface area contributed by atoms with Crippen molar-refractivity contribution in [3.63, 3.8) is 0 Å². The van der Waals surface area contributed by atoms with Crippen LogP contribution in [0.3, 0.4) is 0 Å². The second-order valence-electron chi connectivity index (χ2n) is 15.2. The number of carbonyl (C=O) groups is 8. The zero-order chi connectivity index (χ0) is 50.2. The first-order valence-electron chi connectivity index (χ1n) is 21.1. The molecule has 0 aliphatic rings. The summed E-state index contributed by atoms with van der Waals surface area (Å²) >= 11 is 0. The quantitative estimate of drug-likeness (QED) is 0.0283. The largest absolute Gasteiger partial charge is 0.478 e. The van der Waals surface area contributed by atoms with Gasteiger partial charge < -0.3 is 41.7 Å². The molecule has 0 fully saturated rings. The number of anilines is 4. The predicted molar refractivity (Wildman–Crippen MR) is 261 cm³/mol. The summed E-state index contributed by atoms with van der Waals surface area (Å²) in [6.07, 6.45) is 6.61. The molecule has 0 unspecified atom stereocenters. The highest BCUT2D eigenvalue weighted by atomic mass is 16.4. The fourth-order valence-electron chi connectivity index (χ4n) is 7.25. The average Bonchev–Trinajstić information content (AvgIpc) is 3.34. The van der Waals surface area contributed by atoms with Gasteiger partial charge in [-0.25, -0.2) is 19.2 Å². The summed E-state index contributed by atoms with van der Waals surface area (Å²) in [4.78, 5) is 92.5. The van der Waals surface area contributed by atoms with Gasteiger partial charge in [0.1, 0.15) is 0 Å². The van der Waals surface area contributed by atoms with Crippen molar-refractivity contribution in [2.45, 2.75) is 11.8 Å². The molecule has 0 aliphatic carbocycles. The molecule has 0 saturated carbocycles. The van der Waals surface area contributed by atoms with E-state index in [1.54, 1.807) is 48.5 Å². The van der Waals surface area contributed by atoms with Crippen molar-refractivity contribution < 1.29 is 58.8 Å². The number of amides is 4. The number of hydrogen-bond donors (Lipinski definition) is 8. The summed E-state index contributed by atoms with van der Waals surface area (Å²) in [5.41, 5.74) is 8.76. The van der Waals surface area contributed by atoms with E-state index >= 15 is 0 Å². The third-order valence-corrected chi connectivity index (χ3v) is 10.4. The SMILES string of the molecule is O=C(O)/C=C/C(=O)Nc1ccc(C(c2ccc(NC(=O)/C=C/C(=O)O)cc2)c2ccc(-c3ccc(C(c4ccc(NC(=O)/C=C/C(=O)O)cc4)c4ccc(NC(=O)/C=C/C(=O)O)cc4)cc3)cc2)cc1. The van der Waals surface area contributed by atoms with Gasteiger partial charge in [0.2, 0.25) is 23.6 Å². The van der Waals surface area contributed by atoms with E-state index in [9.17, 15) is 38.4 Å². The first-order chi connectivity index (χ1) is 33.6. The van der Waals surface area contributed by atoms with Crippen LogP contribution in [-0.4, -0.2) is 67.9 Å². The van der Waals surface area contributed by atoms with Gasteiger partial charge >= 0.3 is 23.9 Å². The lowest BCUT2D eigenvalue weighted by atomic mass is 9.83. The van der Waals surface area contributed by atoms with Crippen molar-refractivity contribution in [2.75, 3.05) is 21.3 Å². The van der Waals surface area contributed by atoms with E-state index < -0.39 is 47.5 Å². The minimum absolute atomic E-state index is 0.340. The molecular weight excluding hydrogens is 897 g/mol. The predicted octanol–water partition coefficient (Wildman–Crippen LogP) is 8.03. The van der Waals surface area contributed by atoms with Gasteiger partial charge in [-0.2, -0.15) is 0 Å². The molecule has 350 valence electrons. The molecule has 16 nitrogen and oxygen atoms in total. The first kappa shape index (κ1) is 49.5. The Morgan fingerprint density at radius 3 is 0.614 bits per heavy atom. The standard InChI is InChI=1S/C54H42N4O12/c59-45(25-29-49(63)64)55-41-17-9-37(10-18-41)53(38-11-19-42(20-12-38)56-46(60)26-30-50(65)66)35-5-1-33(2-6-35)34-3-7-36(8-4-34)54(39-13-21-43(22-14-39)57-47(61)27-31-51(67)68)40-15-23-44(24-16-40)58-48(62)28-32-52(69)70/h1-32,53-54H,(H,55,59)(H,56,60)(H,57,61)(H,58,62)(H,63,64)(H,65,66)(H,67,68)(H,69,70)/b29-25+,30-26+,31-27+,32-28+. The first-order valence-corrected chi connectivity index (χ1v) is 21.1. The molecule has 0 aromatic heterocycles. The molecule has 0 heterocycles. The van der Waals surface area contributed by atoms with Crippen molar-refractivity contribution in [3.8, 4) is 11.1 Å².